The summed E-state index contributed by atoms with van der Waals surface area (Å²) in [5.74, 6) is -0.966. The first-order valence-electron chi connectivity index (χ1n) is 12.3. The second-order valence-corrected chi connectivity index (χ2v) is 12.1. The van der Waals surface area contributed by atoms with Gasteiger partial charge in [0, 0.05) is 13.1 Å². The zero-order chi connectivity index (χ0) is 28.7. The highest BCUT2D eigenvalue weighted by molar-refractivity contribution is 7.92. The fraction of sp³-hybridized carbons (Fsp3) is 0.286. The first-order chi connectivity index (χ1) is 18.4. The Hall–Kier alpha value is -2.78. The van der Waals surface area contributed by atoms with Crippen LogP contribution in [-0.2, 0) is 26.2 Å². The van der Waals surface area contributed by atoms with Gasteiger partial charge in [0.2, 0.25) is 11.8 Å². The van der Waals surface area contributed by atoms with Gasteiger partial charge in [0.25, 0.3) is 10.0 Å². The van der Waals surface area contributed by atoms with E-state index >= 15 is 0 Å². The van der Waals surface area contributed by atoms with Crippen LogP contribution in [0.4, 0.5) is 5.69 Å². The number of sulfonamides is 1. The normalized spacial score (nSPS) is 12.1. The van der Waals surface area contributed by atoms with Crippen LogP contribution < -0.4 is 9.62 Å². The number of anilines is 1. The van der Waals surface area contributed by atoms with E-state index in [2.05, 4.69) is 5.32 Å². The quantitative estimate of drug-likeness (QED) is 0.285. The third-order valence-electron chi connectivity index (χ3n) is 6.06. The van der Waals surface area contributed by atoms with E-state index in [0.717, 1.165) is 9.87 Å². The van der Waals surface area contributed by atoms with E-state index in [1.807, 2.05) is 13.8 Å². The first-order valence-corrected chi connectivity index (χ1v) is 14.9. The summed E-state index contributed by atoms with van der Waals surface area (Å²) in [6.45, 7) is 5.20. The molecule has 2 amide bonds. The van der Waals surface area contributed by atoms with Crippen LogP contribution in [0, 0.1) is 6.92 Å². The average Bonchev–Trinajstić information content (AvgIpc) is 2.91. The molecule has 208 valence electrons. The summed E-state index contributed by atoms with van der Waals surface area (Å²) >= 11 is 18.7. The van der Waals surface area contributed by atoms with Gasteiger partial charge in [0.1, 0.15) is 12.6 Å². The highest BCUT2D eigenvalue weighted by Crippen LogP contribution is 2.31. The molecule has 3 aromatic carbocycles. The molecule has 0 spiro atoms. The van der Waals surface area contributed by atoms with Gasteiger partial charge in [-0.3, -0.25) is 13.9 Å². The maximum absolute atomic E-state index is 13.9. The topological polar surface area (TPSA) is 86.8 Å². The number of carbonyl (C=O) groups is 2. The van der Waals surface area contributed by atoms with E-state index in [9.17, 15) is 18.0 Å². The SMILES string of the molecule is CCCNC(=O)[C@@H](C)N(Cc1ccc(Cl)c(Cl)c1)C(=O)CN(c1ccccc1Cl)S(=O)(=O)c1ccc(C)cc1. The smallest absolute Gasteiger partial charge is 0.264 e. The molecule has 0 heterocycles. The maximum Gasteiger partial charge on any atom is 0.264 e. The van der Waals surface area contributed by atoms with Gasteiger partial charge >= 0.3 is 0 Å². The predicted molar refractivity (Wildman–Crippen MR) is 157 cm³/mol. The Kier molecular flexibility index (Phi) is 10.7. The molecule has 0 unspecified atom stereocenters. The van der Waals surface area contributed by atoms with Crippen molar-refractivity contribution in [3.63, 3.8) is 0 Å². The molecule has 11 heteroatoms. The molecule has 0 aliphatic rings. The summed E-state index contributed by atoms with van der Waals surface area (Å²) in [5.41, 5.74) is 1.65. The van der Waals surface area contributed by atoms with Crippen LogP contribution in [0.1, 0.15) is 31.4 Å². The zero-order valence-electron chi connectivity index (χ0n) is 21.8. The molecule has 3 aromatic rings. The number of nitrogens with zero attached hydrogens (tertiary/aromatic N) is 2. The van der Waals surface area contributed by atoms with Crippen LogP contribution in [0.25, 0.3) is 0 Å². The number of para-hydroxylation sites is 1. The van der Waals surface area contributed by atoms with Crippen molar-refractivity contribution in [3.8, 4) is 0 Å². The lowest BCUT2D eigenvalue weighted by Crippen LogP contribution is -2.51. The van der Waals surface area contributed by atoms with Crippen LogP contribution in [0.2, 0.25) is 15.1 Å². The van der Waals surface area contributed by atoms with Gasteiger partial charge in [0.15, 0.2) is 0 Å². The zero-order valence-corrected chi connectivity index (χ0v) is 24.9. The highest BCUT2D eigenvalue weighted by atomic mass is 35.5. The molecule has 1 atom stereocenters. The monoisotopic (exact) mass is 609 g/mol. The molecule has 0 saturated carbocycles. The van der Waals surface area contributed by atoms with Crippen molar-refractivity contribution < 1.29 is 18.0 Å². The molecule has 0 bridgehead atoms. The number of aryl methyl sites for hydroxylation is 1. The van der Waals surface area contributed by atoms with Crippen LogP contribution in [0.15, 0.2) is 71.6 Å². The summed E-state index contributed by atoms with van der Waals surface area (Å²) in [5, 5.41) is 3.60. The summed E-state index contributed by atoms with van der Waals surface area (Å²) in [6.07, 6.45) is 0.717. The highest BCUT2D eigenvalue weighted by Gasteiger charge is 2.33. The standard InChI is InChI=1S/C28H30Cl3N3O4S/c1-4-15-32-28(36)20(3)33(17-21-11-14-23(29)25(31)16-21)27(35)18-34(26-8-6-5-7-24(26)30)39(37,38)22-12-9-19(2)10-13-22/h5-14,16,20H,4,15,17-18H2,1-3H3,(H,32,36)/t20-/m1/s1. The lowest BCUT2D eigenvalue weighted by Gasteiger charge is -2.32. The lowest BCUT2D eigenvalue weighted by molar-refractivity contribution is -0.139. The minimum atomic E-state index is -4.21. The average molecular weight is 611 g/mol. The molecule has 0 aliphatic heterocycles. The van der Waals surface area contributed by atoms with Crippen molar-refractivity contribution in [3.05, 3.63) is 92.9 Å². The van der Waals surface area contributed by atoms with E-state index in [-0.39, 0.29) is 28.1 Å². The Morgan fingerprint density at radius 1 is 0.923 bits per heavy atom. The lowest BCUT2D eigenvalue weighted by atomic mass is 10.1. The molecule has 7 nitrogen and oxygen atoms in total. The fourth-order valence-electron chi connectivity index (χ4n) is 3.82. The van der Waals surface area contributed by atoms with Crippen molar-refractivity contribution in [2.24, 2.45) is 0 Å². The summed E-state index contributed by atoms with van der Waals surface area (Å²) < 4.78 is 28.6. The van der Waals surface area contributed by atoms with Gasteiger partial charge < -0.3 is 10.2 Å². The van der Waals surface area contributed by atoms with Gasteiger partial charge in [-0.1, -0.05) is 77.6 Å². The van der Waals surface area contributed by atoms with Crippen molar-refractivity contribution >= 4 is 62.3 Å². The van der Waals surface area contributed by atoms with Gasteiger partial charge in [-0.25, -0.2) is 8.42 Å². The second-order valence-electron chi connectivity index (χ2n) is 9.01. The number of nitrogens with one attached hydrogen (secondary N) is 1. The molecule has 0 aromatic heterocycles. The Labute approximate surface area is 244 Å². The Morgan fingerprint density at radius 3 is 2.21 bits per heavy atom. The molecular formula is C28H30Cl3N3O4S. The summed E-state index contributed by atoms with van der Waals surface area (Å²) in [6, 6.07) is 16.7. The fourth-order valence-corrected chi connectivity index (χ4v) is 5.86. The first kappa shape index (κ1) is 30.8. The maximum atomic E-state index is 13.9. The number of rotatable bonds is 11. The summed E-state index contributed by atoms with van der Waals surface area (Å²) in [7, 11) is -4.21. The largest absolute Gasteiger partial charge is 0.354 e. The number of hydrogen-bond acceptors (Lipinski definition) is 4. The van der Waals surface area contributed by atoms with Gasteiger partial charge in [-0.15, -0.1) is 0 Å². The minimum absolute atomic E-state index is 0.00260. The van der Waals surface area contributed by atoms with Crippen molar-refractivity contribution in [2.45, 2.75) is 44.7 Å². The van der Waals surface area contributed by atoms with Crippen molar-refractivity contribution in [2.75, 3.05) is 17.4 Å². The second kappa shape index (κ2) is 13.5. The van der Waals surface area contributed by atoms with Gasteiger partial charge in [-0.05, 0) is 62.2 Å². The molecule has 0 saturated heterocycles. The third-order valence-corrected chi connectivity index (χ3v) is 8.90. The predicted octanol–water partition coefficient (Wildman–Crippen LogP) is 6.09. The van der Waals surface area contributed by atoms with E-state index in [1.165, 1.54) is 23.1 Å². The number of hydrogen-bond donors (Lipinski definition) is 1. The van der Waals surface area contributed by atoms with E-state index in [0.29, 0.717) is 28.6 Å². The number of benzene rings is 3. The molecule has 0 radical (unpaired) electrons. The van der Waals surface area contributed by atoms with Crippen molar-refractivity contribution in [1.82, 2.24) is 10.2 Å². The Balaban J connectivity index is 2.04. The molecule has 0 fully saturated rings. The number of amides is 2. The van der Waals surface area contributed by atoms with Crippen LogP contribution in [-0.4, -0.2) is 44.3 Å². The van der Waals surface area contributed by atoms with Crippen LogP contribution >= 0.6 is 34.8 Å². The van der Waals surface area contributed by atoms with E-state index < -0.39 is 28.5 Å². The molecule has 3 rings (SSSR count). The minimum Gasteiger partial charge on any atom is -0.354 e. The van der Waals surface area contributed by atoms with Gasteiger partial charge in [0.05, 0.1) is 25.7 Å². The molecule has 39 heavy (non-hydrogen) atoms. The molecule has 1 N–H and O–H groups in total. The number of carbonyl (C=O) groups excluding carboxylic acids is 2. The molecular weight excluding hydrogens is 581 g/mol. The summed E-state index contributed by atoms with van der Waals surface area (Å²) in [4.78, 5) is 28.1. The van der Waals surface area contributed by atoms with Gasteiger partial charge in [-0.2, -0.15) is 0 Å². The van der Waals surface area contributed by atoms with E-state index in [1.54, 1.807) is 55.5 Å². The Bertz CT molecular complexity index is 1430. The van der Waals surface area contributed by atoms with Crippen molar-refractivity contribution in [1.29, 1.82) is 0 Å². The van der Waals surface area contributed by atoms with E-state index in [4.69, 9.17) is 34.8 Å². The van der Waals surface area contributed by atoms with Crippen LogP contribution in [0.3, 0.4) is 0 Å². The Morgan fingerprint density at radius 2 is 1.59 bits per heavy atom. The molecule has 0 aliphatic carbocycles. The van der Waals surface area contributed by atoms with Crippen LogP contribution in [0.5, 0.6) is 0 Å². The third kappa shape index (κ3) is 7.66. The number of halogens is 3.